The van der Waals surface area contributed by atoms with Gasteiger partial charge in [-0.3, -0.25) is 4.79 Å². The lowest BCUT2D eigenvalue weighted by molar-refractivity contribution is -0.150. The Morgan fingerprint density at radius 3 is 2.02 bits per heavy atom. The number of carbonyl (C=O) groups excluding carboxylic acids is 2. The molecule has 10 nitrogen and oxygen atoms in total. The normalized spacial score (nSPS) is 17.5. The fraction of sp³-hybridized carbons (Fsp3) is 0.412. The molecule has 1 aromatic heterocycles. The van der Waals surface area contributed by atoms with Gasteiger partial charge in [-0.1, -0.05) is 51.1 Å². The van der Waals surface area contributed by atoms with Crippen molar-refractivity contribution in [1.82, 2.24) is 15.2 Å². The van der Waals surface area contributed by atoms with E-state index in [9.17, 15) is 19.5 Å². The van der Waals surface area contributed by atoms with Crippen LogP contribution in [0.4, 0.5) is 4.79 Å². The lowest BCUT2D eigenvalue weighted by Gasteiger charge is -2.35. The van der Waals surface area contributed by atoms with Crippen molar-refractivity contribution in [3.05, 3.63) is 66.7 Å². The zero-order valence-electron chi connectivity index (χ0n) is 26.3. The van der Waals surface area contributed by atoms with Crippen LogP contribution in [0.25, 0.3) is 22.5 Å². The number of carbonyl (C=O) groups is 3. The van der Waals surface area contributed by atoms with Crippen LogP contribution in [0.2, 0.25) is 0 Å². The van der Waals surface area contributed by atoms with E-state index in [2.05, 4.69) is 5.32 Å². The monoisotopic (exact) mass is 603 g/mol. The average Bonchev–Trinajstić information content (AvgIpc) is 3.38. The number of rotatable bonds is 8. The summed E-state index contributed by atoms with van der Waals surface area (Å²) < 4.78 is 17.1. The lowest BCUT2D eigenvalue weighted by Crippen LogP contribution is -2.57. The van der Waals surface area contributed by atoms with E-state index in [4.69, 9.17) is 19.2 Å². The number of aromatic nitrogens is 1. The van der Waals surface area contributed by atoms with E-state index < -0.39 is 47.2 Å². The molecule has 3 aromatic rings. The Hall–Kier alpha value is -4.60. The molecule has 0 radical (unpaired) electrons. The molecule has 1 fully saturated rings. The second kappa shape index (κ2) is 13.0. The Morgan fingerprint density at radius 2 is 1.50 bits per heavy atom. The largest absolute Gasteiger partial charge is 0.497 e. The number of nitrogens with one attached hydrogen (secondary N) is 1. The number of likely N-dealkylation sites (tertiary alicyclic amines) is 1. The van der Waals surface area contributed by atoms with E-state index in [1.807, 2.05) is 60.7 Å². The second-order valence-corrected chi connectivity index (χ2v) is 12.9. The molecule has 2 heterocycles. The molecule has 10 heteroatoms. The fourth-order valence-electron chi connectivity index (χ4n) is 5.03. The van der Waals surface area contributed by atoms with Gasteiger partial charge in [-0.25, -0.2) is 14.6 Å². The number of benzene rings is 2. The Labute approximate surface area is 258 Å². The number of carboxylic acid groups (broad SMARTS) is 1. The first kappa shape index (κ1) is 32.3. The molecular formula is C34H41N3O7. The van der Waals surface area contributed by atoms with E-state index in [-0.39, 0.29) is 13.0 Å². The minimum absolute atomic E-state index is 0.0270. The molecule has 1 saturated heterocycles. The van der Waals surface area contributed by atoms with Crippen molar-refractivity contribution in [1.29, 1.82) is 0 Å². The van der Waals surface area contributed by atoms with Crippen LogP contribution >= 0.6 is 0 Å². The first-order chi connectivity index (χ1) is 20.6. The van der Waals surface area contributed by atoms with E-state index in [0.717, 1.165) is 16.9 Å². The first-order valence-electron chi connectivity index (χ1n) is 14.6. The maximum Gasteiger partial charge on any atom is 0.408 e. The van der Waals surface area contributed by atoms with Gasteiger partial charge in [0.05, 0.1) is 25.0 Å². The number of hydrogen-bond donors (Lipinski definition) is 2. The molecule has 4 rings (SSSR count). The van der Waals surface area contributed by atoms with Crippen LogP contribution in [-0.2, 0) is 14.3 Å². The highest BCUT2D eigenvalue weighted by Gasteiger charge is 2.46. The minimum atomic E-state index is -1.15. The van der Waals surface area contributed by atoms with Crippen LogP contribution in [0.1, 0.15) is 48.0 Å². The Balaban J connectivity index is 1.62. The number of carboxylic acids is 1. The predicted octanol–water partition coefficient (Wildman–Crippen LogP) is 5.80. The van der Waals surface area contributed by atoms with Crippen LogP contribution in [0.15, 0.2) is 66.7 Å². The molecule has 0 saturated carbocycles. The van der Waals surface area contributed by atoms with Crippen LogP contribution in [0, 0.1) is 5.41 Å². The topological polar surface area (TPSA) is 127 Å². The Bertz CT molecular complexity index is 1480. The number of alkyl carbamates (subject to hydrolysis) is 1. The maximum atomic E-state index is 13.9. The third-order valence-corrected chi connectivity index (χ3v) is 7.16. The van der Waals surface area contributed by atoms with Crippen molar-refractivity contribution in [2.45, 2.75) is 71.8 Å². The maximum absolute atomic E-state index is 13.9. The van der Waals surface area contributed by atoms with Gasteiger partial charge >= 0.3 is 12.1 Å². The second-order valence-electron chi connectivity index (χ2n) is 12.9. The summed E-state index contributed by atoms with van der Waals surface area (Å²) in [7, 11) is 1.60. The number of nitrogens with zero attached hydrogens (tertiary/aromatic N) is 2. The van der Waals surface area contributed by atoms with Crippen LogP contribution in [0.3, 0.4) is 0 Å². The van der Waals surface area contributed by atoms with Gasteiger partial charge in [0.25, 0.3) is 0 Å². The number of ether oxygens (including phenoxy) is 3. The zero-order valence-corrected chi connectivity index (χ0v) is 26.3. The van der Waals surface area contributed by atoms with E-state index in [1.54, 1.807) is 54.7 Å². The van der Waals surface area contributed by atoms with Crippen LogP contribution in [0.5, 0.6) is 11.5 Å². The lowest BCUT2D eigenvalue weighted by atomic mass is 9.85. The SMILES string of the molecule is COc1ccc(-c2cc(O[C@@H]3C[C@@H](C(=O)O)N(C(=O)[C@@H](NC(=O)OC(C)(C)C)C(C)(C)C)C3)cc(-c3ccccc3)n2)cc1. The van der Waals surface area contributed by atoms with Crippen molar-refractivity contribution in [2.75, 3.05) is 13.7 Å². The number of methoxy groups -OCH3 is 1. The molecule has 0 unspecified atom stereocenters. The van der Waals surface area contributed by atoms with Crippen molar-refractivity contribution < 1.29 is 33.7 Å². The smallest absolute Gasteiger partial charge is 0.408 e. The molecule has 0 spiro atoms. The molecule has 1 aliphatic heterocycles. The van der Waals surface area contributed by atoms with Gasteiger partial charge in [-0.05, 0) is 50.5 Å². The molecule has 0 bridgehead atoms. The van der Waals surface area contributed by atoms with Crippen LogP contribution in [-0.4, -0.2) is 70.4 Å². The summed E-state index contributed by atoms with van der Waals surface area (Å²) in [4.78, 5) is 45.0. The van der Waals surface area contributed by atoms with Crippen molar-refractivity contribution in [3.8, 4) is 34.0 Å². The third-order valence-electron chi connectivity index (χ3n) is 7.16. The van der Waals surface area contributed by atoms with Crippen molar-refractivity contribution >= 4 is 18.0 Å². The predicted molar refractivity (Wildman–Crippen MR) is 166 cm³/mol. The van der Waals surface area contributed by atoms with Crippen LogP contribution < -0.4 is 14.8 Å². The molecule has 3 atom stereocenters. The van der Waals surface area contributed by atoms with E-state index >= 15 is 0 Å². The summed E-state index contributed by atoms with van der Waals surface area (Å²) in [5.41, 5.74) is 1.60. The third kappa shape index (κ3) is 8.06. The minimum Gasteiger partial charge on any atom is -0.497 e. The zero-order chi connectivity index (χ0) is 32.2. The highest BCUT2D eigenvalue weighted by molar-refractivity contribution is 5.90. The summed E-state index contributed by atoms with van der Waals surface area (Å²) in [5, 5.41) is 12.8. The summed E-state index contributed by atoms with van der Waals surface area (Å²) in [6.45, 7) is 10.6. The molecule has 44 heavy (non-hydrogen) atoms. The molecule has 2 aromatic carbocycles. The Morgan fingerprint density at radius 1 is 0.909 bits per heavy atom. The molecular weight excluding hydrogens is 562 g/mol. The molecule has 1 aliphatic rings. The highest BCUT2D eigenvalue weighted by Crippen LogP contribution is 2.33. The quantitative estimate of drug-likeness (QED) is 0.331. The van der Waals surface area contributed by atoms with E-state index in [1.165, 1.54) is 4.90 Å². The molecule has 0 aliphatic carbocycles. The van der Waals surface area contributed by atoms with Gasteiger partial charge in [0.15, 0.2) is 0 Å². The van der Waals surface area contributed by atoms with Crippen molar-refractivity contribution in [2.24, 2.45) is 5.41 Å². The van der Waals surface area contributed by atoms with E-state index in [0.29, 0.717) is 17.1 Å². The average molecular weight is 604 g/mol. The number of hydrogen-bond acceptors (Lipinski definition) is 7. The summed E-state index contributed by atoms with van der Waals surface area (Å²) in [5.74, 6) is -0.449. The highest BCUT2D eigenvalue weighted by atomic mass is 16.6. The molecule has 234 valence electrons. The molecule has 2 N–H and O–H groups in total. The van der Waals surface area contributed by atoms with Gasteiger partial charge in [0, 0.05) is 29.7 Å². The summed E-state index contributed by atoms with van der Waals surface area (Å²) in [6.07, 6.45) is -1.29. The molecule has 2 amide bonds. The Kier molecular flexibility index (Phi) is 9.51. The fourth-order valence-corrected chi connectivity index (χ4v) is 5.03. The standard InChI is InChI=1S/C34H41N3O7/c1-33(2,3)29(36-32(41)44-34(4,5)6)30(38)37-20-25(19-28(37)31(39)40)43-24-17-26(21-11-9-8-10-12-21)35-27(18-24)22-13-15-23(42-7)16-14-22/h8-18,25,28-29H,19-20H2,1-7H3,(H,36,41)(H,39,40)/t25-,28+,29-/m1/s1. The van der Waals surface area contributed by atoms with Gasteiger partial charge in [0.2, 0.25) is 5.91 Å². The van der Waals surface area contributed by atoms with Gasteiger partial charge < -0.3 is 29.5 Å². The summed E-state index contributed by atoms with van der Waals surface area (Å²) in [6, 6.07) is 18.6. The first-order valence-corrected chi connectivity index (χ1v) is 14.6. The summed E-state index contributed by atoms with van der Waals surface area (Å²) >= 11 is 0. The van der Waals surface area contributed by atoms with Gasteiger partial charge in [-0.2, -0.15) is 0 Å². The van der Waals surface area contributed by atoms with Crippen molar-refractivity contribution in [3.63, 3.8) is 0 Å². The number of aliphatic carboxylic acids is 1. The number of pyridine rings is 1. The van der Waals surface area contributed by atoms with Gasteiger partial charge in [0.1, 0.15) is 35.3 Å². The number of amides is 2. The van der Waals surface area contributed by atoms with Gasteiger partial charge in [-0.15, -0.1) is 0 Å².